The quantitative estimate of drug-likeness (QED) is 0.357. The summed E-state index contributed by atoms with van der Waals surface area (Å²) in [7, 11) is 0. The molecule has 6 heteroatoms. The van der Waals surface area contributed by atoms with E-state index in [0.717, 1.165) is 5.56 Å². The van der Waals surface area contributed by atoms with Gasteiger partial charge in [-0.25, -0.2) is 0 Å². The standard InChI is InChI=1S/C13H19N3O3/c1-9-5-4-6-10(16(17)18)11(9)19-8-7-13(2,3)12(14)15/h4-6H,7-8H2,1-3H3,(H3,14,15). The molecule has 0 atom stereocenters. The minimum absolute atomic E-state index is 0.0411. The molecule has 0 aliphatic carbocycles. The molecule has 0 aliphatic heterocycles. The van der Waals surface area contributed by atoms with Crippen LogP contribution in [0.5, 0.6) is 5.75 Å². The average molecular weight is 265 g/mol. The van der Waals surface area contributed by atoms with Crippen molar-refractivity contribution < 1.29 is 9.66 Å². The van der Waals surface area contributed by atoms with Crippen LogP contribution in [-0.2, 0) is 0 Å². The molecule has 104 valence electrons. The van der Waals surface area contributed by atoms with Gasteiger partial charge in [-0.1, -0.05) is 26.0 Å². The first-order valence-corrected chi connectivity index (χ1v) is 5.97. The maximum absolute atomic E-state index is 10.9. The Balaban J connectivity index is 2.79. The minimum atomic E-state index is -0.475. The summed E-state index contributed by atoms with van der Waals surface area (Å²) < 4.78 is 5.52. The average Bonchev–Trinajstić information content (AvgIpc) is 2.30. The van der Waals surface area contributed by atoms with Crippen molar-refractivity contribution in [3.63, 3.8) is 0 Å². The number of hydrogen-bond acceptors (Lipinski definition) is 4. The van der Waals surface area contributed by atoms with Gasteiger partial charge in [-0.3, -0.25) is 15.5 Å². The highest BCUT2D eigenvalue weighted by Gasteiger charge is 2.23. The number of benzene rings is 1. The summed E-state index contributed by atoms with van der Waals surface area (Å²) >= 11 is 0. The lowest BCUT2D eigenvalue weighted by Gasteiger charge is -2.22. The molecule has 6 nitrogen and oxygen atoms in total. The van der Waals surface area contributed by atoms with E-state index in [-0.39, 0.29) is 23.9 Å². The Bertz CT molecular complexity index is 498. The van der Waals surface area contributed by atoms with Crippen molar-refractivity contribution in [1.82, 2.24) is 0 Å². The minimum Gasteiger partial charge on any atom is -0.487 e. The molecule has 0 fully saturated rings. The monoisotopic (exact) mass is 265 g/mol. The molecule has 1 aromatic rings. The van der Waals surface area contributed by atoms with Crippen LogP contribution >= 0.6 is 0 Å². The van der Waals surface area contributed by atoms with Crippen LogP contribution in [0.4, 0.5) is 5.69 Å². The smallest absolute Gasteiger partial charge is 0.311 e. The summed E-state index contributed by atoms with van der Waals surface area (Å²) in [6.07, 6.45) is 0.522. The number of rotatable bonds is 6. The van der Waals surface area contributed by atoms with Gasteiger partial charge < -0.3 is 10.5 Å². The first kappa shape index (κ1) is 14.9. The molecule has 0 radical (unpaired) electrons. The van der Waals surface area contributed by atoms with Crippen molar-refractivity contribution in [2.45, 2.75) is 27.2 Å². The number of para-hydroxylation sites is 1. The molecule has 0 aromatic heterocycles. The van der Waals surface area contributed by atoms with Gasteiger partial charge in [0.2, 0.25) is 0 Å². The third-order valence-electron chi connectivity index (χ3n) is 3.09. The second-order valence-electron chi connectivity index (χ2n) is 5.08. The summed E-state index contributed by atoms with van der Waals surface area (Å²) in [6, 6.07) is 4.80. The molecule has 1 rings (SSSR count). The van der Waals surface area contributed by atoms with Gasteiger partial charge >= 0.3 is 5.69 Å². The van der Waals surface area contributed by atoms with E-state index in [1.807, 2.05) is 13.8 Å². The maximum Gasteiger partial charge on any atom is 0.311 e. The summed E-state index contributed by atoms with van der Waals surface area (Å²) in [5.41, 5.74) is 5.68. The number of nitro groups is 1. The second-order valence-corrected chi connectivity index (χ2v) is 5.08. The molecule has 0 heterocycles. The topological polar surface area (TPSA) is 102 Å². The van der Waals surface area contributed by atoms with Gasteiger partial charge in [0.05, 0.1) is 17.4 Å². The van der Waals surface area contributed by atoms with Crippen molar-refractivity contribution >= 4 is 11.5 Å². The Morgan fingerprint density at radius 1 is 1.53 bits per heavy atom. The van der Waals surface area contributed by atoms with Crippen molar-refractivity contribution in [3.05, 3.63) is 33.9 Å². The van der Waals surface area contributed by atoms with Gasteiger partial charge in [-0.15, -0.1) is 0 Å². The highest BCUT2D eigenvalue weighted by atomic mass is 16.6. The van der Waals surface area contributed by atoms with Crippen molar-refractivity contribution in [2.24, 2.45) is 11.1 Å². The number of hydrogen-bond donors (Lipinski definition) is 2. The lowest BCUT2D eigenvalue weighted by atomic mass is 9.88. The number of ether oxygens (including phenoxy) is 1. The number of nitrogens with two attached hydrogens (primary N) is 1. The fourth-order valence-corrected chi connectivity index (χ4v) is 1.51. The number of nitro benzene ring substituents is 1. The molecule has 3 N–H and O–H groups in total. The van der Waals surface area contributed by atoms with Gasteiger partial charge in [0, 0.05) is 11.5 Å². The fraction of sp³-hybridized carbons (Fsp3) is 0.462. The molecule has 0 spiro atoms. The third-order valence-corrected chi connectivity index (χ3v) is 3.09. The van der Waals surface area contributed by atoms with Crippen LogP contribution in [0, 0.1) is 27.9 Å². The van der Waals surface area contributed by atoms with E-state index in [1.165, 1.54) is 6.07 Å². The van der Waals surface area contributed by atoms with Crippen molar-refractivity contribution in [3.8, 4) is 5.75 Å². The van der Waals surface area contributed by atoms with Crippen LogP contribution in [0.15, 0.2) is 18.2 Å². The van der Waals surface area contributed by atoms with Gasteiger partial charge in [-0.2, -0.15) is 0 Å². The molecule has 0 saturated carbocycles. The zero-order valence-electron chi connectivity index (χ0n) is 11.4. The molecular formula is C13H19N3O3. The van der Waals surface area contributed by atoms with Gasteiger partial charge in [0.25, 0.3) is 0 Å². The summed E-state index contributed by atoms with van der Waals surface area (Å²) in [5, 5.41) is 18.4. The summed E-state index contributed by atoms with van der Waals surface area (Å²) in [6.45, 7) is 5.71. The summed E-state index contributed by atoms with van der Waals surface area (Å²) in [4.78, 5) is 10.5. The Morgan fingerprint density at radius 2 is 2.16 bits per heavy atom. The fourth-order valence-electron chi connectivity index (χ4n) is 1.51. The lowest BCUT2D eigenvalue weighted by molar-refractivity contribution is -0.385. The van der Waals surface area contributed by atoms with E-state index in [2.05, 4.69) is 0 Å². The number of nitrogens with one attached hydrogen (secondary N) is 1. The number of nitrogens with zero attached hydrogens (tertiary/aromatic N) is 1. The molecular weight excluding hydrogens is 246 g/mol. The molecule has 1 aromatic carbocycles. The van der Waals surface area contributed by atoms with Gasteiger partial charge in [0.15, 0.2) is 5.75 Å². The predicted octanol–water partition coefficient (Wildman–Crippen LogP) is 2.63. The van der Waals surface area contributed by atoms with Crippen LogP contribution in [0.3, 0.4) is 0 Å². The Kier molecular flexibility index (Phi) is 4.47. The number of aryl methyl sites for hydroxylation is 1. The van der Waals surface area contributed by atoms with Crippen LogP contribution in [0.1, 0.15) is 25.8 Å². The van der Waals surface area contributed by atoms with Gasteiger partial charge in [0.1, 0.15) is 0 Å². The van der Waals surface area contributed by atoms with Crippen molar-refractivity contribution in [1.29, 1.82) is 5.41 Å². The number of amidine groups is 1. The zero-order chi connectivity index (χ0) is 14.6. The van der Waals surface area contributed by atoms with E-state index in [1.54, 1.807) is 19.1 Å². The van der Waals surface area contributed by atoms with Gasteiger partial charge in [-0.05, 0) is 18.9 Å². The second kappa shape index (κ2) is 5.69. The molecule has 0 amide bonds. The summed E-state index contributed by atoms with van der Waals surface area (Å²) in [5.74, 6) is 0.363. The molecule has 0 aliphatic rings. The first-order chi connectivity index (χ1) is 8.75. The SMILES string of the molecule is Cc1cccc([N+](=O)[O-])c1OCCC(C)(C)C(=N)N. The molecule has 19 heavy (non-hydrogen) atoms. The predicted molar refractivity (Wildman–Crippen MR) is 73.6 cm³/mol. The van der Waals surface area contributed by atoms with E-state index in [9.17, 15) is 10.1 Å². The molecule has 0 unspecified atom stereocenters. The van der Waals surface area contributed by atoms with E-state index in [4.69, 9.17) is 15.9 Å². The normalized spacial score (nSPS) is 11.1. The highest BCUT2D eigenvalue weighted by molar-refractivity contribution is 5.82. The van der Waals surface area contributed by atoms with Crippen LogP contribution in [-0.4, -0.2) is 17.4 Å². The lowest BCUT2D eigenvalue weighted by Crippen LogP contribution is -2.32. The molecule has 0 bridgehead atoms. The van der Waals surface area contributed by atoms with E-state index in [0.29, 0.717) is 6.42 Å². The Hall–Kier alpha value is -2.11. The molecule has 0 saturated heterocycles. The van der Waals surface area contributed by atoms with E-state index >= 15 is 0 Å². The third kappa shape index (κ3) is 3.67. The highest BCUT2D eigenvalue weighted by Crippen LogP contribution is 2.31. The maximum atomic E-state index is 10.9. The van der Waals surface area contributed by atoms with Crippen molar-refractivity contribution in [2.75, 3.05) is 6.61 Å². The zero-order valence-corrected chi connectivity index (χ0v) is 11.4. The Labute approximate surface area is 112 Å². The van der Waals surface area contributed by atoms with Crippen LogP contribution < -0.4 is 10.5 Å². The Morgan fingerprint density at radius 3 is 2.68 bits per heavy atom. The largest absolute Gasteiger partial charge is 0.487 e. The van der Waals surface area contributed by atoms with E-state index < -0.39 is 10.3 Å². The van der Waals surface area contributed by atoms with Crippen LogP contribution in [0.2, 0.25) is 0 Å². The van der Waals surface area contributed by atoms with Crippen LogP contribution in [0.25, 0.3) is 0 Å². The first-order valence-electron chi connectivity index (χ1n) is 5.97.